The Hall–Kier alpha value is -1.26. The van der Waals surface area contributed by atoms with Crippen molar-refractivity contribution < 1.29 is 14.6 Å². The first kappa shape index (κ1) is 12.8. The number of hydrogen-bond acceptors (Lipinski definition) is 4. The molecule has 1 rings (SSSR count). The van der Waals surface area contributed by atoms with E-state index in [1.807, 2.05) is 18.2 Å². The number of aliphatic hydroxyl groups excluding tert-OH is 1. The van der Waals surface area contributed by atoms with E-state index in [4.69, 9.17) is 14.6 Å². The molecule has 0 unspecified atom stereocenters. The minimum Gasteiger partial charge on any atom is -0.497 e. The molecule has 0 heterocycles. The molecule has 0 aliphatic carbocycles. The summed E-state index contributed by atoms with van der Waals surface area (Å²) < 4.78 is 10.3. The van der Waals surface area contributed by atoms with Gasteiger partial charge in [0.15, 0.2) is 0 Å². The molecule has 0 radical (unpaired) electrons. The summed E-state index contributed by atoms with van der Waals surface area (Å²) >= 11 is 0. The Morgan fingerprint density at radius 1 is 1.19 bits per heavy atom. The van der Waals surface area contributed by atoms with Crippen molar-refractivity contribution in [3.63, 3.8) is 0 Å². The topological polar surface area (TPSA) is 50.7 Å². The van der Waals surface area contributed by atoms with Crippen molar-refractivity contribution in [1.29, 1.82) is 0 Å². The van der Waals surface area contributed by atoms with Crippen LogP contribution in [0.4, 0.5) is 0 Å². The lowest BCUT2D eigenvalue weighted by Gasteiger charge is -2.10. The Labute approximate surface area is 96.2 Å². The first-order valence-corrected chi connectivity index (χ1v) is 5.26. The van der Waals surface area contributed by atoms with Crippen LogP contribution >= 0.6 is 0 Å². The number of nitrogens with one attached hydrogen (secondary N) is 1. The normalized spacial score (nSPS) is 12.2. The van der Waals surface area contributed by atoms with E-state index < -0.39 is 0 Å². The zero-order valence-corrected chi connectivity index (χ0v) is 9.99. The molecule has 16 heavy (non-hydrogen) atoms. The maximum Gasteiger partial charge on any atom is 0.122 e. The maximum absolute atomic E-state index is 9.12. The first-order valence-electron chi connectivity index (χ1n) is 5.26. The van der Waals surface area contributed by atoms with Gasteiger partial charge in [0.25, 0.3) is 0 Å². The summed E-state index contributed by atoms with van der Waals surface area (Å²) in [6.45, 7) is 3.00. The zero-order chi connectivity index (χ0) is 12.0. The lowest BCUT2D eigenvalue weighted by atomic mass is 10.2. The summed E-state index contributed by atoms with van der Waals surface area (Å²) in [5, 5.41) is 12.3. The number of methoxy groups -OCH3 is 2. The highest BCUT2D eigenvalue weighted by molar-refractivity contribution is 5.38. The van der Waals surface area contributed by atoms with Crippen LogP contribution in [-0.2, 0) is 6.54 Å². The lowest BCUT2D eigenvalue weighted by Crippen LogP contribution is -2.23. The summed E-state index contributed by atoms with van der Waals surface area (Å²) in [5.41, 5.74) is 1.07. The van der Waals surface area contributed by atoms with Gasteiger partial charge in [0, 0.05) is 19.2 Å². The Kier molecular flexibility index (Phi) is 5.08. The number of rotatable bonds is 6. The number of aliphatic hydroxyl groups is 1. The van der Waals surface area contributed by atoms with Crippen LogP contribution in [0.1, 0.15) is 12.5 Å². The number of benzene rings is 1. The fraction of sp³-hybridized carbons (Fsp3) is 0.500. The third kappa shape index (κ3) is 4.08. The van der Waals surface area contributed by atoms with Crippen LogP contribution < -0.4 is 14.8 Å². The molecule has 0 aliphatic heterocycles. The molecule has 0 saturated heterocycles. The summed E-state index contributed by atoms with van der Waals surface area (Å²) in [6.07, 6.45) is -0.340. The molecule has 0 aromatic heterocycles. The van der Waals surface area contributed by atoms with Gasteiger partial charge in [-0.05, 0) is 24.6 Å². The van der Waals surface area contributed by atoms with Crippen molar-refractivity contribution in [1.82, 2.24) is 5.32 Å². The minimum atomic E-state index is -0.340. The summed E-state index contributed by atoms with van der Waals surface area (Å²) in [6, 6.07) is 5.72. The highest BCUT2D eigenvalue weighted by Crippen LogP contribution is 2.22. The molecule has 1 aromatic rings. The van der Waals surface area contributed by atoms with Crippen LogP contribution in [0.2, 0.25) is 0 Å². The van der Waals surface area contributed by atoms with Crippen LogP contribution in [0.5, 0.6) is 11.5 Å². The van der Waals surface area contributed by atoms with E-state index in [2.05, 4.69) is 5.32 Å². The van der Waals surface area contributed by atoms with Gasteiger partial charge in [-0.2, -0.15) is 0 Å². The smallest absolute Gasteiger partial charge is 0.122 e. The zero-order valence-electron chi connectivity index (χ0n) is 9.99. The van der Waals surface area contributed by atoms with E-state index in [1.54, 1.807) is 21.1 Å². The third-order valence-electron chi connectivity index (χ3n) is 2.18. The summed E-state index contributed by atoms with van der Waals surface area (Å²) in [7, 11) is 3.25. The minimum absolute atomic E-state index is 0.340. The molecular weight excluding hydrogens is 206 g/mol. The molecule has 2 N–H and O–H groups in total. The quantitative estimate of drug-likeness (QED) is 0.763. The second-order valence-electron chi connectivity index (χ2n) is 3.70. The van der Waals surface area contributed by atoms with Crippen LogP contribution in [-0.4, -0.2) is 32.0 Å². The lowest BCUT2D eigenvalue weighted by molar-refractivity contribution is 0.191. The average molecular weight is 225 g/mol. The first-order chi connectivity index (χ1) is 7.65. The van der Waals surface area contributed by atoms with Crippen LogP contribution in [0.3, 0.4) is 0 Å². The summed E-state index contributed by atoms with van der Waals surface area (Å²) in [4.78, 5) is 0. The average Bonchev–Trinajstić information content (AvgIpc) is 2.28. The standard InChI is InChI=1S/C12H19NO3/c1-9(14)7-13-8-10-4-11(15-2)6-12(5-10)16-3/h4-6,9,13-14H,7-8H2,1-3H3/t9-/m0/s1. The van der Waals surface area contributed by atoms with Crippen LogP contribution in [0.25, 0.3) is 0 Å². The fourth-order valence-corrected chi connectivity index (χ4v) is 1.39. The van der Waals surface area contributed by atoms with Crippen LogP contribution in [0.15, 0.2) is 18.2 Å². The second kappa shape index (κ2) is 6.35. The molecule has 0 fully saturated rings. The van der Waals surface area contributed by atoms with Crippen molar-refractivity contribution in [2.45, 2.75) is 19.6 Å². The van der Waals surface area contributed by atoms with E-state index in [0.717, 1.165) is 17.1 Å². The Balaban J connectivity index is 2.64. The van der Waals surface area contributed by atoms with Gasteiger partial charge in [0.05, 0.1) is 20.3 Å². The van der Waals surface area contributed by atoms with Gasteiger partial charge in [-0.1, -0.05) is 0 Å². The number of hydrogen-bond donors (Lipinski definition) is 2. The Morgan fingerprint density at radius 3 is 2.19 bits per heavy atom. The Bertz CT molecular complexity index is 304. The third-order valence-corrected chi connectivity index (χ3v) is 2.18. The molecule has 90 valence electrons. The Morgan fingerprint density at radius 2 is 1.75 bits per heavy atom. The van der Waals surface area contributed by atoms with Crippen molar-refractivity contribution in [2.75, 3.05) is 20.8 Å². The van der Waals surface area contributed by atoms with Gasteiger partial charge < -0.3 is 19.9 Å². The van der Waals surface area contributed by atoms with Gasteiger partial charge in [-0.15, -0.1) is 0 Å². The number of ether oxygens (including phenoxy) is 2. The highest BCUT2D eigenvalue weighted by Gasteiger charge is 2.02. The maximum atomic E-state index is 9.12. The molecule has 0 spiro atoms. The highest BCUT2D eigenvalue weighted by atomic mass is 16.5. The van der Waals surface area contributed by atoms with Crippen molar-refractivity contribution in [3.8, 4) is 11.5 Å². The van der Waals surface area contributed by atoms with Gasteiger partial charge >= 0.3 is 0 Å². The molecule has 4 nitrogen and oxygen atoms in total. The summed E-state index contributed by atoms with van der Waals surface area (Å²) in [5.74, 6) is 1.54. The van der Waals surface area contributed by atoms with Crippen LogP contribution in [0, 0.1) is 0 Å². The van der Waals surface area contributed by atoms with Crippen molar-refractivity contribution in [2.24, 2.45) is 0 Å². The molecule has 0 bridgehead atoms. The molecule has 4 heteroatoms. The molecule has 0 saturated carbocycles. The van der Waals surface area contributed by atoms with E-state index in [-0.39, 0.29) is 6.10 Å². The SMILES string of the molecule is COc1cc(CNC[C@H](C)O)cc(OC)c1. The molecule has 0 amide bonds. The van der Waals surface area contributed by atoms with E-state index >= 15 is 0 Å². The van der Waals surface area contributed by atoms with E-state index in [1.165, 1.54) is 0 Å². The monoisotopic (exact) mass is 225 g/mol. The van der Waals surface area contributed by atoms with Gasteiger partial charge in [-0.25, -0.2) is 0 Å². The van der Waals surface area contributed by atoms with Crippen molar-refractivity contribution >= 4 is 0 Å². The van der Waals surface area contributed by atoms with Gasteiger partial charge in [0.2, 0.25) is 0 Å². The molecule has 0 aliphatic rings. The molecule has 1 aromatic carbocycles. The van der Waals surface area contributed by atoms with E-state index in [0.29, 0.717) is 13.1 Å². The largest absolute Gasteiger partial charge is 0.497 e. The molecule has 1 atom stereocenters. The predicted molar refractivity (Wildman–Crippen MR) is 62.9 cm³/mol. The van der Waals surface area contributed by atoms with Crippen molar-refractivity contribution in [3.05, 3.63) is 23.8 Å². The van der Waals surface area contributed by atoms with E-state index in [9.17, 15) is 0 Å². The van der Waals surface area contributed by atoms with Gasteiger partial charge in [-0.3, -0.25) is 0 Å². The second-order valence-corrected chi connectivity index (χ2v) is 3.70. The predicted octanol–water partition coefficient (Wildman–Crippen LogP) is 1.17. The fourth-order valence-electron chi connectivity index (χ4n) is 1.39. The molecular formula is C12H19NO3. The van der Waals surface area contributed by atoms with Gasteiger partial charge in [0.1, 0.15) is 11.5 Å².